The highest BCUT2D eigenvalue weighted by molar-refractivity contribution is 6.42. The molecule has 2 rings (SSSR count). The number of phenolic OH excluding ortho intramolecular Hbond substituents is 1. The van der Waals surface area contributed by atoms with Crippen LogP contribution in [0.25, 0.3) is 11.1 Å². The second-order valence-corrected chi connectivity index (χ2v) is 4.48. The van der Waals surface area contributed by atoms with Gasteiger partial charge in [-0.05, 0) is 35.9 Å². The molecule has 5 heteroatoms. The molecule has 3 nitrogen and oxygen atoms in total. The second kappa shape index (κ2) is 4.88. The van der Waals surface area contributed by atoms with Gasteiger partial charge in [0.2, 0.25) is 0 Å². The molecule has 0 fully saturated rings. The molecule has 0 heterocycles. The Morgan fingerprint density at radius 2 is 1.72 bits per heavy atom. The Kier molecular flexibility index (Phi) is 3.45. The minimum Gasteiger partial charge on any atom is -0.507 e. The molecule has 0 amide bonds. The molecule has 0 aliphatic rings. The molecule has 2 aromatic rings. The number of carboxylic acids is 1. The Balaban J connectivity index is 2.51. The predicted molar refractivity (Wildman–Crippen MR) is 70.5 cm³/mol. The molecule has 0 bridgehead atoms. The topological polar surface area (TPSA) is 57.5 Å². The van der Waals surface area contributed by atoms with Gasteiger partial charge in [-0.2, -0.15) is 0 Å². The predicted octanol–water partition coefficient (Wildman–Crippen LogP) is 4.06. The van der Waals surface area contributed by atoms with E-state index in [0.717, 1.165) is 0 Å². The van der Waals surface area contributed by atoms with Crippen LogP contribution in [0.4, 0.5) is 0 Å². The average molecular weight is 283 g/mol. The summed E-state index contributed by atoms with van der Waals surface area (Å²) in [6, 6.07) is 9.06. The number of halogens is 2. The maximum absolute atomic E-state index is 10.8. The molecule has 0 aliphatic carbocycles. The Morgan fingerprint density at radius 3 is 2.28 bits per heavy atom. The third kappa shape index (κ3) is 2.42. The van der Waals surface area contributed by atoms with E-state index in [0.29, 0.717) is 21.2 Å². The lowest BCUT2D eigenvalue weighted by Crippen LogP contribution is -1.95. The van der Waals surface area contributed by atoms with Gasteiger partial charge in [0.05, 0.1) is 15.6 Å². The highest BCUT2D eigenvalue weighted by Crippen LogP contribution is 2.33. The summed E-state index contributed by atoms with van der Waals surface area (Å²) in [7, 11) is 0. The summed E-state index contributed by atoms with van der Waals surface area (Å²) in [5.74, 6) is -1.21. The third-order valence-corrected chi connectivity index (χ3v) is 3.21. The van der Waals surface area contributed by atoms with Crippen molar-refractivity contribution in [2.75, 3.05) is 0 Å². The van der Waals surface area contributed by atoms with E-state index < -0.39 is 5.97 Å². The van der Waals surface area contributed by atoms with Crippen molar-refractivity contribution in [3.63, 3.8) is 0 Å². The summed E-state index contributed by atoms with van der Waals surface area (Å²) in [6.45, 7) is 0. The van der Waals surface area contributed by atoms with Gasteiger partial charge in [-0.1, -0.05) is 29.3 Å². The SMILES string of the molecule is O=C(O)c1ccc(-c2ccc(Cl)c(Cl)c2)c(O)c1. The van der Waals surface area contributed by atoms with Gasteiger partial charge in [-0.15, -0.1) is 0 Å². The molecule has 0 spiro atoms. The number of rotatable bonds is 2. The summed E-state index contributed by atoms with van der Waals surface area (Å²) in [4.78, 5) is 10.8. The van der Waals surface area contributed by atoms with Gasteiger partial charge >= 0.3 is 5.97 Å². The van der Waals surface area contributed by atoms with Crippen LogP contribution in [-0.2, 0) is 0 Å². The zero-order valence-corrected chi connectivity index (χ0v) is 10.5. The lowest BCUT2D eigenvalue weighted by atomic mass is 10.0. The molecular formula is C13H8Cl2O3. The fraction of sp³-hybridized carbons (Fsp3) is 0. The van der Waals surface area contributed by atoms with E-state index in [1.165, 1.54) is 18.2 Å². The largest absolute Gasteiger partial charge is 0.507 e. The highest BCUT2D eigenvalue weighted by Gasteiger charge is 2.10. The maximum Gasteiger partial charge on any atom is 0.335 e. The molecule has 0 saturated carbocycles. The van der Waals surface area contributed by atoms with Crippen molar-refractivity contribution in [3.8, 4) is 16.9 Å². The first-order valence-corrected chi connectivity index (χ1v) is 5.76. The van der Waals surface area contributed by atoms with Crippen LogP contribution in [0.3, 0.4) is 0 Å². The summed E-state index contributed by atoms with van der Waals surface area (Å²) in [5, 5.41) is 19.4. The highest BCUT2D eigenvalue weighted by atomic mass is 35.5. The number of carbonyl (C=O) groups is 1. The summed E-state index contributed by atoms with van der Waals surface area (Å²) in [6.07, 6.45) is 0. The molecule has 0 radical (unpaired) electrons. The first kappa shape index (κ1) is 12.7. The maximum atomic E-state index is 10.8. The van der Waals surface area contributed by atoms with Gasteiger partial charge < -0.3 is 10.2 Å². The summed E-state index contributed by atoms with van der Waals surface area (Å²) >= 11 is 11.7. The summed E-state index contributed by atoms with van der Waals surface area (Å²) in [5.41, 5.74) is 1.19. The monoisotopic (exact) mass is 282 g/mol. The standard InChI is InChI=1S/C13H8Cl2O3/c14-10-4-2-7(5-11(10)15)9-3-1-8(13(17)18)6-12(9)16/h1-6,16H,(H,17,18). The van der Waals surface area contributed by atoms with Gasteiger partial charge in [-0.3, -0.25) is 0 Å². The van der Waals surface area contributed by atoms with Crippen LogP contribution in [0, 0.1) is 0 Å². The van der Waals surface area contributed by atoms with Crippen molar-refractivity contribution in [1.82, 2.24) is 0 Å². The first-order valence-electron chi connectivity index (χ1n) is 5.01. The number of hydrogen-bond donors (Lipinski definition) is 2. The van der Waals surface area contributed by atoms with Crippen molar-refractivity contribution in [2.45, 2.75) is 0 Å². The van der Waals surface area contributed by atoms with E-state index in [-0.39, 0.29) is 11.3 Å². The molecule has 0 aliphatic heterocycles. The van der Waals surface area contributed by atoms with Gasteiger partial charge in [-0.25, -0.2) is 4.79 Å². The van der Waals surface area contributed by atoms with Crippen LogP contribution in [0.2, 0.25) is 10.0 Å². The van der Waals surface area contributed by atoms with Gasteiger partial charge in [0.25, 0.3) is 0 Å². The Morgan fingerprint density at radius 1 is 1.00 bits per heavy atom. The zero-order valence-electron chi connectivity index (χ0n) is 9.02. The summed E-state index contributed by atoms with van der Waals surface area (Å²) < 4.78 is 0. The van der Waals surface area contributed by atoms with Gasteiger partial charge in [0.15, 0.2) is 0 Å². The Labute approximate surface area is 113 Å². The van der Waals surface area contributed by atoms with Crippen molar-refractivity contribution in [2.24, 2.45) is 0 Å². The van der Waals surface area contributed by atoms with E-state index in [1.54, 1.807) is 18.2 Å². The fourth-order valence-corrected chi connectivity index (χ4v) is 1.87. The normalized spacial score (nSPS) is 10.3. The third-order valence-electron chi connectivity index (χ3n) is 2.48. The lowest BCUT2D eigenvalue weighted by Gasteiger charge is -2.07. The van der Waals surface area contributed by atoms with E-state index >= 15 is 0 Å². The van der Waals surface area contributed by atoms with Crippen LogP contribution < -0.4 is 0 Å². The molecule has 92 valence electrons. The quantitative estimate of drug-likeness (QED) is 0.873. The number of benzene rings is 2. The van der Waals surface area contributed by atoms with E-state index in [1.807, 2.05) is 0 Å². The molecule has 0 saturated heterocycles. The van der Waals surface area contributed by atoms with Crippen molar-refractivity contribution in [1.29, 1.82) is 0 Å². The minimum atomic E-state index is -1.09. The van der Waals surface area contributed by atoms with Crippen LogP contribution in [0.1, 0.15) is 10.4 Å². The van der Waals surface area contributed by atoms with E-state index in [2.05, 4.69) is 0 Å². The molecule has 0 atom stereocenters. The van der Waals surface area contributed by atoms with Crippen molar-refractivity contribution < 1.29 is 15.0 Å². The number of carboxylic acid groups (broad SMARTS) is 1. The molecule has 2 N–H and O–H groups in total. The van der Waals surface area contributed by atoms with Gasteiger partial charge in [0.1, 0.15) is 5.75 Å². The van der Waals surface area contributed by atoms with Crippen molar-refractivity contribution in [3.05, 3.63) is 52.0 Å². The van der Waals surface area contributed by atoms with Crippen LogP contribution in [-0.4, -0.2) is 16.2 Å². The second-order valence-electron chi connectivity index (χ2n) is 3.67. The smallest absolute Gasteiger partial charge is 0.335 e. The average Bonchev–Trinajstić information content (AvgIpc) is 2.32. The Hall–Kier alpha value is -1.71. The van der Waals surface area contributed by atoms with Gasteiger partial charge in [0, 0.05) is 5.56 Å². The zero-order chi connectivity index (χ0) is 13.3. The van der Waals surface area contributed by atoms with Crippen LogP contribution >= 0.6 is 23.2 Å². The lowest BCUT2D eigenvalue weighted by molar-refractivity contribution is 0.0696. The van der Waals surface area contributed by atoms with E-state index in [9.17, 15) is 9.90 Å². The van der Waals surface area contributed by atoms with Crippen molar-refractivity contribution >= 4 is 29.2 Å². The minimum absolute atomic E-state index is 0.0244. The van der Waals surface area contributed by atoms with Crippen LogP contribution in [0.5, 0.6) is 5.75 Å². The first-order chi connectivity index (χ1) is 8.49. The molecular weight excluding hydrogens is 275 g/mol. The Bertz CT molecular complexity index is 624. The molecule has 18 heavy (non-hydrogen) atoms. The molecule has 0 aromatic heterocycles. The van der Waals surface area contributed by atoms with E-state index in [4.69, 9.17) is 28.3 Å². The fourth-order valence-electron chi connectivity index (χ4n) is 1.57. The number of hydrogen-bond acceptors (Lipinski definition) is 2. The molecule has 2 aromatic carbocycles. The van der Waals surface area contributed by atoms with Crippen LogP contribution in [0.15, 0.2) is 36.4 Å². The number of aromatic hydroxyl groups is 1. The number of phenols is 1. The number of aromatic carboxylic acids is 1. The molecule has 0 unspecified atom stereocenters.